The van der Waals surface area contributed by atoms with Gasteiger partial charge in [0.05, 0.1) is 24.1 Å². The van der Waals surface area contributed by atoms with Gasteiger partial charge in [-0.05, 0) is 55.7 Å². The molecule has 0 aliphatic heterocycles. The van der Waals surface area contributed by atoms with Crippen molar-refractivity contribution in [1.29, 1.82) is 0 Å². The van der Waals surface area contributed by atoms with Gasteiger partial charge in [-0.3, -0.25) is 9.59 Å². The molecule has 0 fully saturated rings. The third kappa shape index (κ3) is 4.57. The molecule has 1 aromatic heterocycles. The Morgan fingerprint density at radius 3 is 2.64 bits per heavy atom. The Labute approximate surface area is 168 Å². The predicted molar refractivity (Wildman–Crippen MR) is 117 cm³/mol. The molecule has 2 aromatic carbocycles. The second-order valence-electron chi connectivity index (χ2n) is 6.91. The molecule has 0 spiro atoms. The summed E-state index contributed by atoms with van der Waals surface area (Å²) >= 11 is 1.45. The number of carbonyl (C=O) groups is 1. The first-order chi connectivity index (χ1) is 13.4. The summed E-state index contributed by atoms with van der Waals surface area (Å²) in [5, 5.41) is 3.59. The number of carbonyl (C=O) groups excluding carboxylic acids is 1. The second-order valence-corrected chi connectivity index (χ2v) is 7.89. The van der Waals surface area contributed by atoms with Crippen molar-refractivity contribution in [2.45, 2.75) is 26.5 Å². The van der Waals surface area contributed by atoms with E-state index in [1.54, 1.807) is 13.2 Å². The van der Waals surface area contributed by atoms with Gasteiger partial charge in [0.15, 0.2) is 5.43 Å². The van der Waals surface area contributed by atoms with E-state index in [2.05, 4.69) is 16.4 Å². The van der Waals surface area contributed by atoms with Crippen LogP contribution in [0.25, 0.3) is 10.9 Å². The molecule has 5 nitrogen and oxygen atoms in total. The average Bonchev–Trinajstić information content (AvgIpc) is 2.63. The van der Waals surface area contributed by atoms with Gasteiger partial charge in [-0.25, -0.2) is 0 Å². The zero-order valence-electron chi connectivity index (χ0n) is 16.5. The Bertz CT molecular complexity index is 1090. The topological polar surface area (TPSA) is 71.2 Å². The minimum absolute atomic E-state index is 0.00472. The molecule has 0 saturated heterocycles. The number of aromatic amines is 1. The molecule has 2 N–H and O–H groups in total. The second kappa shape index (κ2) is 8.52. The van der Waals surface area contributed by atoms with Crippen LogP contribution in [-0.2, 0) is 10.5 Å². The molecule has 146 valence electrons. The Kier molecular flexibility index (Phi) is 6.09. The standard InChI is InChI=1S/C22H24N2O3S/c1-13-5-6-20(27-4)18(9-13)24-21(26)12-28-11-16-10-19(25)17-8-14(2)7-15(3)22(17)23-16/h5-10H,11-12H2,1-4H3,(H,23,25)(H,24,26). The third-order valence-electron chi connectivity index (χ3n) is 4.46. The van der Waals surface area contributed by atoms with Crippen molar-refractivity contribution in [3.8, 4) is 5.75 Å². The summed E-state index contributed by atoms with van der Waals surface area (Å²) in [5.74, 6) is 1.36. The number of pyridine rings is 1. The molecule has 1 heterocycles. The third-order valence-corrected chi connectivity index (χ3v) is 5.44. The van der Waals surface area contributed by atoms with Crippen LogP contribution in [0.1, 0.15) is 22.4 Å². The first kappa shape index (κ1) is 20.0. The molecule has 0 radical (unpaired) electrons. The van der Waals surface area contributed by atoms with Crippen LogP contribution >= 0.6 is 11.8 Å². The van der Waals surface area contributed by atoms with Crippen molar-refractivity contribution in [1.82, 2.24) is 4.98 Å². The van der Waals surface area contributed by atoms with E-state index in [4.69, 9.17) is 4.74 Å². The molecule has 0 bridgehead atoms. The molecule has 0 aliphatic rings. The number of amides is 1. The van der Waals surface area contributed by atoms with E-state index in [0.29, 0.717) is 22.6 Å². The zero-order chi connectivity index (χ0) is 20.3. The number of nitrogens with one attached hydrogen (secondary N) is 2. The number of rotatable bonds is 6. The normalized spacial score (nSPS) is 10.9. The summed E-state index contributed by atoms with van der Waals surface area (Å²) in [5.41, 5.74) is 5.51. The first-order valence-corrected chi connectivity index (χ1v) is 10.2. The molecule has 0 aliphatic carbocycles. The highest BCUT2D eigenvalue weighted by Crippen LogP contribution is 2.25. The lowest BCUT2D eigenvalue weighted by molar-refractivity contribution is -0.113. The van der Waals surface area contributed by atoms with Crippen LogP contribution in [0.4, 0.5) is 5.69 Å². The van der Waals surface area contributed by atoms with Crippen molar-refractivity contribution in [2.75, 3.05) is 18.2 Å². The summed E-state index contributed by atoms with van der Waals surface area (Å²) in [6, 6.07) is 11.2. The van der Waals surface area contributed by atoms with Crippen molar-refractivity contribution in [3.63, 3.8) is 0 Å². The maximum absolute atomic E-state index is 12.4. The van der Waals surface area contributed by atoms with Gasteiger partial charge in [-0.1, -0.05) is 12.1 Å². The fourth-order valence-corrected chi connectivity index (χ4v) is 3.93. The maximum atomic E-state index is 12.4. The molecule has 0 atom stereocenters. The Morgan fingerprint density at radius 1 is 1.11 bits per heavy atom. The molecule has 1 amide bonds. The Morgan fingerprint density at radius 2 is 1.89 bits per heavy atom. The van der Waals surface area contributed by atoms with Gasteiger partial charge in [0.1, 0.15) is 5.75 Å². The van der Waals surface area contributed by atoms with E-state index >= 15 is 0 Å². The number of benzene rings is 2. The van der Waals surface area contributed by atoms with Crippen LogP contribution in [0.2, 0.25) is 0 Å². The van der Waals surface area contributed by atoms with Gasteiger partial charge < -0.3 is 15.0 Å². The first-order valence-electron chi connectivity index (χ1n) is 9.03. The van der Waals surface area contributed by atoms with E-state index in [1.807, 2.05) is 45.0 Å². The summed E-state index contributed by atoms with van der Waals surface area (Å²) < 4.78 is 5.29. The van der Waals surface area contributed by atoms with Crippen LogP contribution < -0.4 is 15.5 Å². The molecule has 6 heteroatoms. The van der Waals surface area contributed by atoms with Crippen LogP contribution in [0.3, 0.4) is 0 Å². The molecule has 0 saturated carbocycles. The van der Waals surface area contributed by atoms with Crippen LogP contribution in [0.15, 0.2) is 41.2 Å². The number of anilines is 1. The van der Waals surface area contributed by atoms with Gasteiger partial charge in [-0.2, -0.15) is 0 Å². The number of hydrogen-bond donors (Lipinski definition) is 2. The Balaban J connectivity index is 1.66. The largest absolute Gasteiger partial charge is 0.495 e. The number of H-pyrrole nitrogens is 1. The summed E-state index contributed by atoms with van der Waals surface area (Å²) in [7, 11) is 1.58. The van der Waals surface area contributed by atoms with Gasteiger partial charge in [0, 0.05) is 22.9 Å². The number of ether oxygens (including phenoxy) is 1. The van der Waals surface area contributed by atoms with Crippen molar-refractivity contribution in [2.24, 2.45) is 0 Å². The monoisotopic (exact) mass is 396 g/mol. The molecule has 28 heavy (non-hydrogen) atoms. The summed E-state index contributed by atoms with van der Waals surface area (Å²) in [6.45, 7) is 5.94. The van der Waals surface area contributed by atoms with Gasteiger partial charge in [0.25, 0.3) is 0 Å². The average molecular weight is 397 g/mol. The number of aromatic nitrogens is 1. The Hall–Kier alpha value is -2.73. The highest BCUT2D eigenvalue weighted by atomic mass is 32.2. The SMILES string of the molecule is COc1ccc(C)cc1NC(=O)CSCc1cc(=O)c2cc(C)cc(C)c2[nH]1. The molecule has 0 unspecified atom stereocenters. The summed E-state index contributed by atoms with van der Waals surface area (Å²) in [6.07, 6.45) is 0. The highest BCUT2D eigenvalue weighted by Gasteiger charge is 2.10. The number of thioether (sulfide) groups is 1. The summed E-state index contributed by atoms with van der Waals surface area (Å²) in [4.78, 5) is 28.1. The minimum atomic E-state index is -0.108. The number of fused-ring (bicyclic) bond motifs is 1. The molecular formula is C22H24N2O3S. The van der Waals surface area contributed by atoms with E-state index < -0.39 is 0 Å². The highest BCUT2D eigenvalue weighted by molar-refractivity contribution is 7.99. The lowest BCUT2D eigenvalue weighted by Crippen LogP contribution is -2.15. The predicted octanol–water partition coefficient (Wildman–Crippen LogP) is 4.33. The lowest BCUT2D eigenvalue weighted by atomic mass is 10.1. The van der Waals surface area contributed by atoms with E-state index in [9.17, 15) is 9.59 Å². The van der Waals surface area contributed by atoms with Gasteiger partial charge >= 0.3 is 0 Å². The van der Waals surface area contributed by atoms with Gasteiger partial charge in [0.2, 0.25) is 5.91 Å². The van der Waals surface area contributed by atoms with Crippen molar-refractivity contribution < 1.29 is 9.53 Å². The smallest absolute Gasteiger partial charge is 0.234 e. The van der Waals surface area contributed by atoms with E-state index in [1.165, 1.54) is 11.8 Å². The lowest BCUT2D eigenvalue weighted by Gasteiger charge is -2.11. The molecule has 3 aromatic rings. The van der Waals surface area contributed by atoms with Gasteiger partial charge in [-0.15, -0.1) is 11.8 Å². The van der Waals surface area contributed by atoms with E-state index in [-0.39, 0.29) is 17.1 Å². The van der Waals surface area contributed by atoms with Crippen molar-refractivity contribution >= 4 is 34.3 Å². The van der Waals surface area contributed by atoms with Crippen LogP contribution in [-0.4, -0.2) is 23.8 Å². The molecule has 3 rings (SSSR count). The number of methoxy groups -OCH3 is 1. The molecular weight excluding hydrogens is 372 g/mol. The van der Waals surface area contributed by atoms with Crippen LogP contribution in [0.5, 0.6) is 5.75 Å². The number of aryl methyl sites for hydroxylation is 3. The van der Waals surface area contributed by atoms with Crippen LogP contribution in [0, 0.1) is 20.8 Å². The fourth-order valence-electron chi connectivity index (χ4n) is 3.20. The quantitative estimate of drug-likeness (QED) is 0.650. The zero-order valence-corrected chi connectivity index (χ0v) is 17.3. The fraction of sp³-hybridized carbons (Fsp3) is 0.273. The van der Waals surface area contributed by atoms with E-state index in [0.717, 1.165) is 27.9 Å². The number of hydrogen-bond acceptors (Lipinski definition) is 4. The van der Waals surface area contributed by atoms with Crippen molar-refractivity contribution in [3.05, 3.63) is 69.0 Å². The maximum Gasteiger partial charge on any atom is 0.234 e. The minimum Gasteiger partial charge on any atom is -0.495 e.